The Morgan fingerprint density at radius 2 is 1.86 bits per heavy atom. The van der Waals surface area contributed by atoms with Crippen LogP contribution in [0.2, 0.25) is 0 Å². The number of hydrogen-bond acceptors (Lipinski definition) is 2. The van der Waals surface area contributed by atoms with E-state index in [1.54, 1.807) is 0 Å². The lowest BCUT2D eigenvalue weighted by molar-refractivity contribution is -0.124. The molecule has 1 saturated heterocycles. The molecule has 2 N–H and O–H groups in total. The minimum atomic E-state index is -0.216. The van der Waals surface area contributed by atoms with Gasteiger partial charge in [0.15, 0.2) is 0 Å². The van der Waals surface area contributed by atoms with Gasteiger partial charge in [0.05, 0.1) is 5.41 Å². The maximum Gasteiger partial charge on any atom is 0.230 e. The van der Waals surface area contributed by atoms with Crippen molar-refractivity contribution in [2.24, 2.45) is 11.8 Å². The Balaban J connectivity index is 1.42. The molecule has 3 aliphatic rings. The van der Waals surface area contributed by atoms with Crippen LogP contribution in [0.5, 0.6) is 0 Å². The molecule has 112 valence electrons. The van der Waals surface area contributed by atoms with Crippen LogP contribution in [0.15, 0.2) is 30.3 Å². The molecule has 21 heavy (non-hydrogen) atoms. The highest BCUT2D eigenvalue weighted by Crippen LogP contribution is 2.48. The van der Waals surface area contributed by atoms with Crippen molar-refractivity contribution in [1.29, 1.82) is 0 Å². The van der Waals surface area contributed by atoms with Gasteiger partial charge in [-0.2, -0.15) is 0 Å². The molecule has 0 spiro atoms. The molecule has 1 aliphatic heterocycles. The fourth-order valence-electron chi connectivity index (χ4n) is 4.28. The fourth-order valence-corrected chi connectivity index (χ4v) is 4.28. The molecular formula is C18H24N2O. The molecule has 1 aromatic rings. The van der Waals surface area contributed by atoms with Gasteiger partial charge in [-0.15, -0.1) is 0 Å². The zero-order valence-electron chi connectivity index (χ0n) is 12.5. The minimum absolute atomic E-state index is 0.216. The number of hydrogen-bond donors (Lipinski definition) is 2. The van der Waals surface area contributed by atoms with Gasteiger partial charge in [-0.3, -0.25) is 4.79 Å². The summed E-state index contributed by atoms with van der Waals surface area (Å²) < 4.78 is 0. The summed E-state index contributed by atoms with van der Waals surface area (Å²) in [7, 11) is 0. The first-order valence-electron chi connectivity index (χ1n) is 8.35. The first kappa shape index (κ1) is 13.3. The summed E-state index contributed by atoms with van der Waals surface area (Å²) in [6.45, 7) is 2.32. The van der Waals surface area contributed by atoms with E-state index in [1.165, 1.54) is 18.5 Å². The molecule has 1 unspecified atom stereocenters. The van der Waals surface area contributed by atoms with Gasteiger partial charge in [0.1, 0.15) is 0 Å². The van der Waals surface area contributed by atoms with Crippen LogP contribution >= 0.6 is 0 Å². The van der Waals surface area contributed by atoms with Crippen LogP contribution in [0.3, 0.4) is 0 Å². The highest BCUT2D eigenvalue weighted by Gasteiger charge is 2.51. The van der Waals surface area contributed by atoms with E-state index in [2.05, 4.69) is 22.8 Å². The van der Waals surface area contributed by atoms with Crippen LogP contribution in [0, 0.1) is 11.8 Å². The zero-order valence-corrected chi connectivity index (χ0v) is 12.5. The summed E-state index contributed by atoms with van der Waals surface area (Å²) in [5.74, 6) is 1.89. The van der Waals surface area contributed by atoms with Crippen molar-refractivity contribution in [2.75, 3.05) is 13.1 Å². The monoisotopic (exact) mass is 284 g/mol. The van der Waals surface area contributed by atoms with Gasteiger partial charge in [-0.05, 0) is 62.6 Å². The lowest BCUT2D eigenvalue weighted by Gasteiger charge is -2.32. The molecule has 0 aromatic heterocycles. The molecule has 1 heterocycles. The number of benzene rings is 1. The Labute approximate surface area is 126 Å². The van der Waals surface area contributed by atoms with Gasteiger partial charge in [0, 0.05) is 6.04 Å². The summed E-state index contributed by atoms with van der Waals surface area (Å²) >= 11 is 0. The van der Waals surface area contributed by atoms with Crippen LogP contribution in [0.4, 0.5) is 0 Å². The number of fused-ring (bicyclic) bond motifs is 1. The van der Waals surface area contributed by atoms with Crippen molar-refractivity contribution in [3.8, 4) is 0 Å². The average molecular weight is 284 g/mol. The Morgan fingerprint density at radius 3 is 2.62 bits per heavy atom. The third-order valence-corrected chi connectivity index (χ3v) is 5.80. The predicted molar refractivity (Wildman–Crippen MR) is 83.0 cm³/mol. The highest BCUT2D eigenvalue weighted by atomic mass is 16.2. The molecule has 1 amide bonds. The van der Waals surface area contributed by atoms with Gasteiger partial charge in [0.2, 0.25) is 5.91 Å². The molecule has 2 aliphatic carbocycles. The number of amides is 1. The van der Waals surface area contributed by atoms with Crippen LogP contribution in [0.1, 0.15) is 37.7 Å². The standard InChI is InChI=1S/C18H24N2O/c21-17(18(8-9-18)15-4-2-1-3-5-15)20-16-7-6-13-11-19-12-14(13)10-16/h1-5,13-14,16,19H,6-12H2,(H,20,21)/t13-,14+,16?/m0/s1. The molecule has 2 saturated carbocycles. The van der Waals surface area contributed by atoms with Crippen LogP contribution in [-0.2, 0) is 10.2 Å². The number of carbonyl (C=O) groups is 1. The SMILES string of the molecule is O=C(NC1CC[C@H]2CNC[C@H]2C1)C1(c2ccccc2)CC1. The molecule has 0 radical (unpaired) electrons. The molecule has 0 bridgehead atoms. The molecule has 3 fully saturated rings. The van der Waals surface area contributed by atoms with E-state index >= 15 is 0 Å². The highest BCUT2D eigenvalue weighted by molar-refractivity contribution is 5.91. The first-order valence-corrected chi connectivity index (χ1v) is 8.35. The van der Waals surface area contributed by atoms with E-state index in [1.807, 2.05) is 18.2 Å². The maximum absolute atomic E-state index is 12.8. The molecule has 3 nitrogen and oxygen atoms in total. The fraction of sp³-hybridized carbons (Fsp3) is 0.611. The van der Waals surface area contributed by atoms with Crippen LogP contribution < -0.4 is 10.6 Å². The Bertz CT molecular complexity index is 523. The van der Waals surface area contributed by atoms with Crippen LogP contribution in [-0.4, -0.2) is 25.0 Å². The number of rotatable bonds is 3. The van der Waals surface area contributed by atoms with Gasteiger partial charge in [-0.1, -0.05) is 30.3 Å². The van der Waals surface area contributed by atoms with E-state index in [4.69, 9.17) is 0 Å². The lowest BCUT2D eigenvalue weighted by Crippen LogP contribution is -2.45. The summed E-state index contributed by atoms with van der Waals surface area (Å²) in [5, 5.41) is 6.86. The minimum Gasteiger partial charge on any atom is -0.353 e. The topological polar surface area (TPSA) is 41.1 Å². The largest absolute Gasteiger partial charge is 0.353 e. The zero-order chi connectivity index (χ0) is 14.3. The second-order valence-corrected chi connectivity index (χ2v) is 7.11. The smallest absolute Gasteiger partial charge is 0.230 e. The summed E-state index contributed by atoms with van der Waals surface area (Å²) in [6.07, 6.45) is 5.58. The summed E-state index contributed by atoms with van der Waals surface area (Å²) in [5.41, 5.74) is 0.977. The van der Waals surface area contributed by atoms with Crippen molar-refractivity contribution in [3.05, 3.63) is 35.9 Å². The molecule has 4 rings (SSSR count). The van der Waals surface area contributed by atoms with Gasteiger partial charge in [-0.25, -0.2) is 0 Å². The van der Waals surface area contributed by atoms with E-state index in [0.717, 1.165) is 44.1 Å². The number of nitrogens with one attached hydrogen (secondary N) is 2. The molecular weight excluding hydrogens is 260 g/mol. The van der Waals surface area contributed by atoms with Crippen molar-refractivity contribution in [2.45, 2.75) is 43.6 Å². The Morgan fingerprint density at radius 1 is 1.10 bits per heavy atom. The maximum atomic E-state index is 12.8. The molecule has 3 heteroatoms. The second-order valence-electron chi connectivity index (χ2n) is 7.11. The quantitative estimate of drug-likeness (QED) is 0.893. The van der Waals surface area contributed by atoms with Crippen molar-refractivity contribution < 1.29 is 4.79 Å². The van der Waals surface area contributed by atoms with E-state index in [9.17, 15) is 4.79 Å². The van der Waals surface area contributed by atoms with E-state index in [-0.39, 0.29) is 11.3 Å². The van der Waals surface area contributed by atoms with Gasteiger partial charge >= 0.3 is 0 Å². The van der Waals surface area contributed by atoms with E-state index < -0.39 is 0 Å². The Hall–Kier alpha value is -1.35. The van der Waals surface area contributed by atoms with Crippen molar-refractivity contribution in [3.63, 3.8) is 0 Å². The van der Waals surface area contributed by atoms with Crippen molar-refractivity contribution >= 4 is 5.91 Å². The third-order valence-electron chi connectivity index (χ3n) is 5.80. The first-order chi connectivity index (χ1) is 10.3. The average Bonchev–Trinajstić information content (AvgIpc) is 3.21. The Kier molecular flexibility index (Phi) is 3.26. The predicted octanol–water partition coefficient (Wildman–Crippen LogP) is 2.22. The van der Waals surface area contributed by atoms with Gasteiger partial charge < -0.3 is 10.6 Å². The van der Waals surface area contributed by atoms with Crippen LogP contribution in [0.25, 0.3) is 0 Å². The number of carbonyl (C=O) groups excluding carboxylic acids is 1. The normalized spacial score (nSPS) is 33.2. The summed E-state index contributed by atoms with van der Waals surface area (Å²) in [6, 6.07) is 10.7. The molecule has 3 atom stereocenters. The second kappa shape index (κ2) is 5.13. The third kappa shape index (κ3) is 2.38. The van der Waals surface area contributed by atoms with Gasteiger partial charge in [0.25, 0.3) is 0 Å². The van der Waals surface area contributed by atoms with Crippen molar-refractivity contribution in [1.82, 2.24) is 10.6 Å². The van der Waals surface area contributed by atoms with E-state index in [0.29, 0.717) is 6.04 Å². The lowest BCUT2D eigenvalue weighted by atomic mass is 9.79. The summed E-state index contributed by atoms with van der Waals surface area (Å²) in [4.78, 5) is 12.8. The molecule has 1 aromatic carbocycles.